The molecule has 0 saturated carbocycles. The van der Waals surface area contributed by atoms with Crippen LogP contribution < -0.4 is 10.2 Å². The third-order valence-electron chi connectivity index (χ3n) is 8.23. The molecule has 4 aromatic carbocycles. The first-order valence-electron chi connectivity index (χ1n) is 13.8. The van der Waals surface area contributed by atoms with Crippen LogP contribution in [0.5, 0.6) is 0 Å². The number of carbonyl (C=O) groups is 3. The standard InChI is InChI=1S/C34H27ClN4O3/c1-20-10-12-21(13-11-20)31-30-26(25-7-3-5-9-28(25)37-30)18-29-33(41)38(34(42)39(29)31)24-16-14-22(15-17-24)32(40)36-19-23-6-2-4-8-27(23)35/h2-17,29,31,37H,18-19H2,1H3,(H,36,40)/t29-,31+/m0/s1. The zero-order chi connectivity index (χ0) is 29.0. The second-order valence-electron chi connectivity index (χ2n) is 10.8. The van der Waals surface area contributed by atoms with Gasteiger partial charge in [0.05, 0.1) is 5.69 Å². The molecule has 2 aliphatic heterocycles. The molecule has 0 aliphatic carbocycles. The molecule has 4 amide bonds. The summed E-state index contributed by atoms with van der Waals surface area (Å²) >= 11 is 6.21. The zero-order valence-electron chi connectivity index (χ0n) is 22.8. The van der Waals surface area contributed by atoms with E-state index in [0.717, 1.165) is 38.9 Å². The third kappa shape index (κ3) is 4.25. The molecule has 0 bridgehead atoms. The fourth-order valence-electron chi connectivity index (χ4n) is 6.09. The molecule has 0 radical (unpaired) electrons. The fraction of sp³-hybridized carbons (Fsp3) is 0.147. The van der Waals surface area contributed by atoms with Crippen molar-refractivity contribution in [2.45, 2.75) is 32.0 Å². The van der Waals surface area contributed by atoms with Crippen molar-refractivity contribution in [3.63, 3.8) is 0 Å². The molecule has 3 heterocycles. The topological polar surface area (TPSA) is 85.5 Å². The van der Waals surface area contributed by atoms with Crippen molar-refractivity contribution in [1.82, 2.24) is 15.2 Å². The Morgan fingerprint density at radius 2 is 1.64 bits per heavy atom. The molecule has 0 spiro atoms. The predicted octanol–water partition coefficient (Wildman–Crippen LogP) is 6.54. The molecular weight excluding hydrogens is 548 g/mol. The van der Waals surface area contributed by atoms with Crippen LogP contribution in [0.1, 0.15) is 44.3 Å². The van der Waals surface area contributed by atoms with E-state index in [1.165, 1.54) is 4.90 Å². The van der Waals surface area contributed by atoms with Gasteiger partial charge in [0.15, 0.2) is 0 Å². The number of urea groups is 1. The number of halogens is 1. The predicted molar refractivity (Wildman–Crippen MR) is 163 cm³/mol. The Morgan fingerprint density at radius 1 is 0.929 bits per heavy atom. The van der Waals surface area contributed by atoms with Crippen molar-refractivity contribution < 1.29 is 14.4 Å². The highest BCUT2D eigenvalue weighted by Gasteiger charge is 2.53. The molecule has 2 N–H and O–H groups in total. The first kappa shape index (κ1) is 26.0. The Morgan fingerprint density at radius 3 is 2.40 bits per heavy atom. The molecule has 2 atom stereocenters. The Kier molecular flexibility index (Phi) is 6.32. The van der Waals surface area contributed by atoms with Crippen LogP contribution in [0, 0.1) is 6.92 Å². The van der Waals surface area contributed by atoms with E-state index in [1.54, 1.807) is 35.2 Å². The SMILES string of the molecule is Cc1ccc([C@@H]2c3[nH]c4ccccc4c3C[C@H]3C(=O)N(c4ccc(C(=O)NCc5ccccc5Cl)cc4)C(=O)N23)cc1. The number of hydrogen-bond donors (Lipinski definition) is 2. The van der Waals surface area contributed by atoms with Gasteiger partial charge in [0.1, 0.15) is 12.1 Å². The summed E-state index contributed by atoms with van der Waals surface area (Å²) in [5.41, 5.74) is 6.70. The number of nitrogens with one attached hydrogen (secondary N) is 2. The number of carbonyl (C=O) groups excluding carboxylic acids is 3. The van der Waals surface area contributed by atoms with Gasteiger partial charge in [-0.15, -0.1) is 0 Å². The van der Waals surface area contributed by atoms with E-state index < -0.39 is 12.1 Å². The maximum absolute atomic E-state index is 14.1. The summed E-state index contributed by atoms with van der Waals surface area (Å²) in [7, 11) is 0. The minimum atomic E-state index is -0.644. The minimum absolute atomic E-state index is 0.274. The number of anilines is 1. The molecule has 1 aromatic heterocycles. The highest BCUT2D eigenvalue weighted by Crippen LogP contribution is 2.44. The lowest BCUT2D eigenvalue weighted by Crippen LogP contribution is -2.44. The summed E-state index contributed by atoms with van der Waals surface area (Å²) in [4.78, 5) is 47.3. The highest BCUT2D eigenvalue weighted by molar-refractivity contribution is 6.31. The van der Waals surface area contributed by atoms with Crippen LogP contribution in [-0.4, -0.2) is 33.8 Å². The van der Waals surface area contributed by atoms with E-state index in [0.29, 0.717) is 22.7 Å². The van der Waals surface area contributed by atoms with E-state index in [2.05, 4.69) is 16.4 Å². The average Bonchev–Trinajstić information content (AvgIpc) is 3.50. The molecule has 8 heteroatoms. The van der Waals surface area contributed by atoms with Crippen molar-refractivity contribution in [1.29, 1.82) is 0 Å². The van der Waals surface area contributed by atoms with Crippen molar-refractivity contribution in [3.05, 3.63) is 136 Å². The summed E-state index contributed by atoms with van der Waals surface area (Å²) < 4.78 is 0. The van der Waals surface area contributed by atoms with E-state index in [9.17, 15) is 14.4 Å². The summed E-state index contributed by atoms with van der Waals surface area (Å²) in [5, 5.41) is 4.52. The van der Waals surface area contributed by atoms with Gasteiger partial charge in [0, 0.05) is 40.1 Å². The van der Waals surface area contributed by atoms with E-state index >= 15 is 0 Å². The minimum Gasteiger partial charge on any atom is -0.356 e. The zero-order valence-corrected chi connectivity index (χ0v) is 23.6. The number of fused-ring (bicyclic) bond motifs is 4. The molecule has 0 unspecified atom stereocenters. The van der Waals surface area contributed by atoms with Crippen LogP contribution in [0.4, 0.5) is 10.5 Å². The second kappa shape index (κ2) is 10.2. The van der Waals surface area contributed by atoms with Gasteiger partial charge in [0.25, 0.3) is 11.8 Å². The maximum atomic E-state index is 14.1. The van der Waals surface area contributed by atoms with Crippen LogP contribution in [0.3, 0.4) is 0 Å². The van der Waals surface area contributed by atoms with E-state index in [1.807, 2.05) is 67.6 Å². The van der Waals surface area contributed by atoms with Crippen LogP contribution in [0.25, 0.3) is 10.9 Å². The Bertz CT molecular complexity index is 1860. The lowest BCUT2D eigenvalue weighted by Gasteiger charge is -2.36. The van der Waals surface area contributed by atoms with Gasteiger partial charge in [-0.2, -0.15) is 0 Å². The lowest BCUT2D eigenvalue weighted by molar-refractivity contribution is -0.120. The molecule has 42 heavy (non-hydrogen) atoms. The Labute approximate surface area is 247 Å². The lowest BCUT2D eigenvalue weighted by atomic mass is 9.88. The van der Waals surface area contributed by atoms with Gasteiger partial charge in [-0.1, -0.05) is 77.8 Å². The number of imide groups is 1. The number of aromatic nitrogens is 1. The van der Waals surface area contributed by atoms with Gasteiger partial charge >= 0.3 is 6.03 Å². The Balaban J connectivity index is 1.19. The van der Waals surface area contributed by atoms with Crippen LogP contribution >= 0.6 is 11.6 Å². The van der Waals surface area contributed by atoms with Crippen molar-refractivity contribution in [3.8, 4) is 0 Å². The highest BCUT2D eigenvalue weighted by atomic mass is 35.5. The second-order valence-corrected chi connectivity index (χ2v) is 11.2. The summed E-state index contributed by atoms with van der Waals surface area (Å²) in [6, 6.07) is 28.6. The quantitative estimate of drug-likeness (QED) is 0.234. The number of aromatic amines is 1. The van der Waals surface area contributed by atoms with Crippen molar-refractivity contribution in [2.24, 2.45) is 0 Å². The molecule has 5 aromatic rings. The molecule has 7 nitrogen and oxygen atoms in total. The fourth-order valence-corrected chi connectivity index (χ4v) is 6.29. The Hall–Kier alpha value is -4.88. The number of benzene rings is 4. The summed E-state index contributed by atoms with van der Waals surface area (Å²) in [5.74, 6) is -0.549. The van der Waals surface area contributed by atoms with Crippen molar-refractivity contribution >= 4 is 46.0 Å². The molecule has 1 saturated heterocycles. The largest absolute Gasteiger partial charge is 0.356 e. The number of aryl methyl sites for hydroxylation is 1. The summed E-state index contributed by atoms with van der Waals surface area (Å²) in [6.07, 6.45) is 0.422. The van der Waals surface area contributed by atoms with Gasteiger partial charge in [-0.3, -0.25) is 14.5 Å². The van der Waals surface area contributed by atoms with Gasteiger partial charge in [0.2, 0.25) is 0 Å². The normalized spacial score (nSPS) is 17.9. The monoisotopic (exact) mass is 574 g/mol. The smallest absolute Gasteiger partial charge is 0.332 e. The average molecular weight is 575 g/mol. The van der Waals surface area contributed by atoms with Crippen LogP contribution in [0.2, 0.25) is 5.02 Å². The maximum Gasteiger partial charge on any atom is 0.332 e. The third-order valence-corrected chi connectivity index (χ3v) is 8.60. The van der Waals surface area contributed by atoms with Gasteiger partial charge in [-0.05, 0) is 60.0 Å². The first-order chi connectivity index (χ1) is 20.4. The van der Waals surface area contributed by atoms with E-state index in [-0.39, 0.29) is 24.4 Å². The van der Waals surface area contributed by atoms with Gasteiger partial charge in [-0.25, -0.2) is 9.69 Å². The number of amides is 4. The molecule has 208 valence electrons. The molecule has 1 fully saturated rings. The molecule has 2 aliphatic rings. The number of hydrogen-bond acceptors (Lipinski definition) is 3. The number of para-hydroxylation sites is 1. The first-order valence-corrected chi connectivity index (χ1v) is 14.2. The number of H-pyrrole nitrogens is 1. The van der Waals surface area contributed by atoms with Crippen LogP contribution in [0.15, 0.2) is 97.1 Å². The molecule has 7 rings (SSSR count). The summed E-state index contributed by atoms with van der Waals surface area (Å²) in [6.45, 7) is 2.31. The van der Waals surface area contributed by atoms with Crippen LogP contribution in [-0.2, 0) is 17.8 Å². The molecular formula is C34H27ClN4O3. The van der Waals surface area contributed by atoms with Crippen molar-refractivity contribution in [2.75, 3.05) is 4.90 Å². The van der Waals surface area contributed by atoms with E-state index in [4.69, 9.17) is 11.6 Å². The van der Waals surface area contributed by atoms with Gasteiger partial charge < -0.3 is 10.3 Å². The number of rotatable bonds is 5. The number of nitrogens with zero attached hydrogens (tertiary/aromatic N) is 2.